The number of hydrogen-bond donors (Lipinski definition) is 1. The number of hydrogen-bond acceptors (Lipinski definition) is 4. The summed E-state index contributed by atoms with van der Waals surface area (Å²) in [5.41, 5.74) is 3.39. The lowest BCUT2D eigenvalue weighted by Gasteiger charge is -2.31. The van der Waals surface area contributed by atoms with Gasteiger partial charge in [-0.3, -0.25) is 14.6 Å². The number of H-pyrrole nitrogens is 1. The van der Waals surface area contributed by atoms with Gasteiger partial charge < -0.3 is 4.90 Å². The van der Waals surface area contributed by atoms with Gasteiger partial charge in [0, 0.05) is 42.4 Å². The summed E-state index contributed by atoms with van der Waals surface area (Å²) in [7, 11) is 0. The number of nitrogens with one attached hydrogen (secondary N) is 1. The van der Waals surface area contributed by atoms with Crippen LogP contribution in [0.3, 0.4) is 0 Å². The molecule has 29 heavy (non-hydrogen) atoms. The van der Waals surface area contributed by atoms with Gasteiger partial charge in [0.1, 0.15) is 5.82 Å². The van der Waals surface area contributed by atoms with E-state index in [4.69, 9.17) is 4.98 Å². The number of fused-ring (bicyclic) bond motifs is 1. The third-order valence-electron chi connectivity index (χ3n) is 6.18. The average molecular weight is 390 g/mol. The normalized spacial score (nSPS) is 17.3. The summed E-state index contributed by atoms with van der Waals surface area (Å²) in [6.07, 6.45) is 7.62. The number of carbonyl (C=O) groups excluding carboxylic acids is 1. The van der Waals surface area contributed by atoms with Crippen molar-refractivity contribution in [3.05, 3.63) is 53.6 Å². The van der Waals surface area contributed by atoms with Gasteiger partial charge in [-0.1, -0.05) is 30.3 Å². The zero-order valence-corrected chi connectivity index (χ0v) is 16.5. The topological polar surface area (TPSA) is 79.7 Å². The van der Waals surface area contributed by atoms with Gasteiger partial charge in [0.15, 0.2) is 5.82 Å². The Morgan fingerprint density at radius 1 is 1.10 bits per heavy atom. The number of likely N-dealkylation sites (tertiary alicyclic amines) is 1. The molecular formula is C22H26N6O. The summed E-state index contributed by atoms with van der Waals surface area (Å²) >= 11 is 0. The maximum atomic E-state index is 12.8. The van der Waals surface area contributed by atoms with Crippen LogP contribution in [0.1, 0.15) is 48.7 Å². The van der Waals surface area contributed by atoms with Crippen LogP contribution in [0, 0.1) is 0 Å². The maximum absolute atomic E-state index is 12.8. The Bertz CT molecular complexity index is 984. The van der Waals surface area contributed by atoms with Gasteiger partial charge in [-0.2, -0.15) is 10.2 Å². The third-order valence-corrected chi connectivity index (χ3v) is 6.18. The summed E-state index contributed by atoms with van der Waals surface area (Å²) in [4.78, 5) is 19.5. The van der Waals surface area contributed by atoms with Crippen molar-refractivity contribution in [3.63, 3.8) is 0 Å². The van der Waals surface area contributed by atoms with Crippen LogP contribution in [-0.4, -0.2) is 48.9 Å². The third kappa shape index (κ3) is 3.69. The highest BCUT2D eigenvalue weighted by atomic mass is 16.2. The van der Waals surface area contributed by atoms with Crippen LogP contribution in [0.15, 0.2) is 36.5 Å². The molecule has 0 aliphatic carbocycles. The van der Waals surface area contributed by atoms with E-state index in [2.05, 4.69) is 20.0 Å². The Kier molecular flexibility index (Phi) is 4.87. The second-order valence-corrected chi connectivity index (χ2v) is 8.04. The summed E-state index contributed by atoms with van der Waals surface area (Å²) in [6, 6.07) is 10.0. The van der Waals surface area contributed by atoms with E-state index >= 15 is 0 Å². The fourth-order valence-corrected chi connectivity index (χ4v) is 4.48. The molecule has 2 aromatic heterocycles. The molecule has 0 atom stereocenters. The van der Waals surface area contributed by atoms with Crippen LogP contribution in [0.5, 0.6) is 0 Å². The zero-order valence-electron chi connectivity index (χ0n) is 16.5. The van der Waals surface area contributed by atoms with E-state index in [-0.39, 0.29) is 5.91 Å². The molecule has 3 aromatic rings. The monoisotopic (exact) mass is 390 g/mol. The van der Waals surface area contributed by atoms with E-state index in [1.807, 2.05) is 41.4 Å². The Hall–Kier alpha value is -2.96. The zero-order chi connectivity index (χ0) is 19.6. The SMILES string of the molecule is O=C(Cc1cnn2c1CCCC2)N1CCC(c2nc(-c3ccccc3)n[nH]2)CC1. The van der Waals surface area contributed by atoms with Crippen molar-refractivity contribution in [2.24, 2.45) is 0 Å². The minimum atomic E-state index is 0.215. The van der Waals surface area contributed by atoms with Crippen LogP contribution in [0.25, 0.3) is 11.4 Å². The summed E-state index contributed by atoms with van der Waals surface area (Å²) in [5.74, 6) is 2.21. The Balaban J connectivity index is 1.19. The predicted octanol–water partition coefficient (Wildman–Crippen LogP) is 2.95. The molecule has 0 radical (unpaired) electrons. The van der Waals surface area contributed by atoms with Gasteiger partial charge in [0.05, 0.1) is 12.6 Å². The van der Waals surface area contributed by atoms with Gasteiger partial charge >= 0.3 is 0 Å². The first-order valence-corrected chi connectivity index (χ1v) is 10.6. The molecule has 7 heteroatoms. The number of aryl methyl sites for hydroxylation is 1. The molecule has 2 aliphatic heterocycles. The van der Waals surface area contributed by atoms with Crippen molar-refractivity contribution in [1.29, 1.82) is 0 Å². The van der Waals surface area contributed by atoms with Crippen molar-refractivity contribution in [3.8, 4) is 11.4 Å². The van der Waals surface area contributed by atoms with Crippen LogP contribution in [0.4, 0.5) is 0 Å². The fourth-order valence-electron chi connectivity index (χ4n) is 4.48. The van der Waals surface area contributed by atoms with Crippen molar-refractivity contribution in [2.75, 3.05) is 13.1 Å². The minimum absolute atomic E-state index is 0.215. The van der Waals surface area contributed by atoms with E-state index in [0.717, 1.165) is 61.7 Å². The lowest BCUT2D eigenvalue weighted by Crippen LogP contribution is -2.39. The molecule has 7 nitrogen and oxygen atoms in total. The highest BCUT2D eigenvalue weighted by molar-refractivity contribution is 5.79. The predicted molar refractivity (Wildman–Crippen MR) is 109 cm³/mol. The molecule has 0 bridgehead atoms. The summed E-state index contributed by atoms with van der Waals surface area (Å²) in [5, 5.41) is 12.0. The molecule has 1 saturated heterocycles. The van der Waals surface area contributed by atoms with E-state index in [0.29, 0.717) is 12.3 Å². The van der Waals surface area contributed by atoms with E-state index in [1.54, 1.807) is 0 Å². The van der Waals surface area contributed by atoms with Crippen LogP contribution < -0.4 is 0 Å². The number of amides is 1. The van der Waals surface area contributed by atoms with Crippen LogP contribution in [0.2, 0.25) is 0 Å². The Morgan fingerprint density at radius 2 is 1.93 bits per heavy atom. The number of nitrogens with zero attached hydrogens (tertiary/aromatic N) is 5. The number of benzene rings is 1. The summed E-state index contributed by atoms with van der Waals surface area (Å²) < 4.78 is 2.08. The molecule has 1 fully saturated rings. The quantitative estimate of drug-likeness (QED) is 0.743. The van der Waals surface area contributed by atoms with Gasteiger partial charge in [0.25, 0.3) is 0 Å². The number of carbonyl (C=O) groups is 1. The second-order valence-electron chi connectivity index (χ2n) is 8.04. The fraction of sp³-hybridized carbons (Fsp3) is 0.455. The Morgan fingerprint density at radius 3 is 2.76 bits per heavy atom. The van der Waals surface area contributed by atoms with Crippen molar-refractivity contribution in [2.45, 2.75) is 51.0 Å². The van der Waals surface area contributed by atoms with Gasteiger partial charge in [-0.15, -0.1) is 0 Å². The van der Waals surface area contributed by atoms with Crippen LogP contribution >= 0.6 is 0 Å². The van der Waals surface area contributed by atoms with Gasteiger partial charge in [0.2, 0.25) is 5.91 Å². The number of aromatic amines is 1. The Labute approximate surface area is 170 Å². The first-order chi connectivity index (χ1) is 14.3. The number of aromatic nitrogens is 5. The molecule has 1 N–H and O–H groups in total. The average Bonchev–Trinajstić information content (AvgIpc) is 3.43. The summed E-state index contributed by atoms with van der Waals surface area (Å²) in [6.45, 7) is 2.53. The first kappa shape index (κ1) is 18.1. The molecule has 150 valence electrons. The van der Waals surface area contributed by atoms with Crippen molar-refractivity contribution < 1.29 is 4.79 Å². The molecular weight excluding hydrogens is 364 g/mol. The van der Waals surface area contributed by atoms with Crippen molar-refractivity contribution >= 4 is 5.91 Å². The van der Waals surface area contributed by atoms with Gasteiger partial charge in [-0.05, 0) is 32.1 Å². The highest BCUT2D eigenvalue weighted by Gasteiger charge is 2.27. The molecule has 4 heterocycles. The smallest absolute Gasteiger partial charge is 0.227 e. The maximum Gasteiger partial charge on any atom is 0.227 e. The molecule has 2 aliphatic rings. The molecule has 0 unspecified atom stereocenters. The lowest BCUT2D eigenvalue weighted by atomic mass is 9.95. The molecule has 1 amide bonds. The highest BCUT2D eigenvalue weighted by Crippen LogP contribution is 2.28. The number of piperidine rings is 1. The largest absolute Gasteiger partial charge is 0.342 e. The molecule has 0 spiro atoms. The lowest BCUT2D eigenvalue weighted by molar-refractivity contribution is -0.131. The van der Waals surface area contributed by atoms with Crippen LogP contribution in [-0.2, 0) is 24.2 Å². The standard InChI is InChI=1S/C22H26N6O/c29-20(14-18-15-23-28-11-5-4-8-19(18)28)27-12-9-17(10-13-27)22-24-21(25-26-22)16-6-2-1-3-7-16/h1-3,6-7,15,17H,4-5,8-14H2,(H,24,25,26). The molecule has 0 saturated carbocycles. The molecule has 5 rings (SSSR count). The second kappa shape index (κ2) is 7.81. The van der Waals surface area contributed by atoms with Gasteiger partial charge in [-0.25, -0.2) is 4.98 Å². The van der Waals surface area contributed by atoms with E-state index < -0.39 is 0 Å². The number of rotatable bonds is 4. The van der Waals surface area contributed by atoms with E-state index in [1.165, 1.54) is 18.5 Å². The van der Waals surface area contributed by atoms with E-state index in [9.17, 15) is 4.79 Å². The molecule has 1 aromatic carbocycles. The minimum Gasteiger partial charge on any atom is -0.342 e. The van der Waals surface area contributed by atoms with Crippen molar-refractivity contribution in [1.82, 2.24) is 29.9 Å². The first-order valence-electron chi connectivity index (χ1n) is 10.6.